The highest BCUT2D eigenvalue weighted by Gasteiger charge is 2.50. The molecule has 3 aliphatic rings. The molecule has 0 radical (unpaired) electrons. The Hall–Kier alpha value is -6.52. The third-order valence-electron chi connectivity index (χ3n) is 10.2. The van der Waals surface area contributed by atoms with Gasteiger partial charge < -0.3 is 10.1 Å². The summed E-state index contributed by atoms with van der Waals surface area (Å²) in [7, 11) is 0. The summed E-state index contributed by atoms with van der Waals surface area (Å²) in [6.07, 6.45) is -0.233. The minimum absolute atomic E-state index is 0.233. The van der Waals surface area contributed by atoms with Crippen LogP contribution in [0.5, 0.6) is 11.5 Å². The lowest BCUT2D eigenvalue weighted by Gasteiger charge is -2.39. The van der Waals surface area contributed by atoms with Crippen molar-refractivity contribution in [1.29, 1.82) is 0 Å². The van der Waals surface area contributed by atoms with Gasteiger partial charge in [-0.15, -0.1) is 0 Å². The van der Waals surface area contributed by atoms with E-state index in [1.807, 2.05) is 36.4 Å². The average molecular weight is 642 g/mol. The maximum absolute atomic E-state index is 6.49. The summed E-state index contributed by atoms with van der Waals surface area (Å²) in [4.78, 5) is 9.99. The van der Waals surface area contributed by atoms with E-state index < -0.39 is 5.41 Å². The van der Waals surface area contributed by atoms with Gasteiger partial charge in [-0.1, -0.05) is 158 Å². The molecule has 2 heterocycles. The monoisotopic (exact) mass is 641 g/mol. The lowest BCUT2D eigenvalue weighted by atomic mass is 9.66. The highest BCUT2D eigenvalue weighted by Crippen LogP contribution is 2.62. The van der Waals surface area contributed by atoms with Crippen molar-refractivity contribution >= 4 is 11.7 Å². The van der Waals surface area contributed by atoms with E-state index in [9.17, 15) is 0 Å². The van der Waals surface area contributed by atoms with Gasteiger partial charge in [-0.2, -0.15) is 0 Å². The number of hydrogen-bond acceptors (Lipinski definition) is 4. The van der Waals surface area contributed by atoms with Crippen LogP contribution < -0.4 is 10.1 Å². The van der Waals surface area contributed by atoms with Crippen LogP contribution >= 0.6 is 0 Å². The summed E-state index contributed by atoms with van der Waals surface area (Å²) in [5.74, 6) is 3.34. The molecule has 1 unspecified atom stereocenters. The van der Waals surface area contributed by atoms with E-state index in [-0.39, 0.29) is 6.17 Å². The van der Waals surface area contributed by atoms with Gasteiger partial charge in [0.25, 0.3) is 0 Å². The topological polar surface area (TPSA) is 46.0 Å². The Kier molecular flexibility index (Phi) is 6.43. The first kappa shape index (κ1) is 28.5. The summed E-state index contributed by atoms with van der Waals surface area (Å²) in [6, 6.07) is 62.0. The Morgan fingerprint density at radius 3 is 1.74 bits per heavy atom. The van der Waals surface area contributed by atoms with Crippen LogP contribution in [0.3, 0.4) is 0 Å². The molecule has 0 saturated heterocycles. The molecule has 4 nitrogen and oxygen atoms in total. The molecule has 7 aromatic rings. The van der Waals surface area contributed by atoms with E-state index in [0.717, 1.165) is 45.4 Å². The van der Waals surface area contributed by atoms with E-state index >= 15 is 0 Å². The number of fused-ring (bicyclic) bond motifs is 9. The van der Waals surface area contributed by atoms with Crippen LogP contribution in [-0.2, 0) is 5.41 Å². The Morgan fingerprint density at radius 1 is 0.460 bits per heavy atom. The van der Waals surface area contributed by atoms with Gasteiger partial charge in [0.1, 0.15) is 23.5 Å². The highest BCUT2D eigenvalue weighted by atomic mass is 16.5. The number of amidine groups is 2. The molecular formula is C46H31N3O. The summed E-state index contributed by atoms with van der Waals surface area (Å²) in [6.45, 7) is 0. The normalized spacial score (nSPS) is 16.1. The van der Waals surface area contributed by atoms with Gasteiger partial charge in [-0.3, -0.25) is 0 Å². The second-order valence-electron chi connectivity index (χ2n) is 13.0. The first-order valence-electron chi connectivity index (χ1n) is 17.0. The SMILES string of the molecule is c1ccc(C2=NC(c3ccccc3)NC(c3ccc(-c4ccc5c(c4)-c4ccccc4C54c5ccccc5Oc5ccccc54)cc3)=N2)cc1. The number of benzene rings is 7. The average Bonchev–Trinajstić information content (AvgIpc) is 3.48. The maximum atomic E-state index is 6.49. The van der Waals surface area contributed by atoms with Crippen molar-refractivity contribution in [2.75, 3.05) is 0 Å². The highest BCUT2D eigenvalue weighted by molar-refractivity contribution is 6.13. The van der Waals surface area contributed by atoms with E-state index in [1.54, 1.807) is 0 Å². The van der Waals surface area contributed by atoms with Crippen molar-refractivity contribution in [2.45, 2.75) is 11.6 Å². The van der Waals surface area contributed by atoms with Gasteiger partial charge in [-0.25, -0.2) is 9.98 Å². The molecule has 2 aliphatic heterocycles. The summed E-state index contributed by atoms with van der Waals surface area (Å²) >= 11 is 0. The van der Waals surface area contributed by atoms with Gasteiger partial charge in [0.2, 0.25) is 0 Å². The Balaban J connectivity index is 1.06. The van der Waals surface area contributed by atoms with Crippen LogP contribution in [0.1, 0.15) is 45.1 Å². The molecule has 0 amide bonds. The fourth-order valence-corrected chi connectivity index (χ4v) is 7.98. The van der Waals surface area contributed by atoms with Crippen LogP contribution in [0.2, 0.25) is 0 Å². The van der Waals surface area contributed by atoms with Crippen LogP contribution in [0.25, 0.3) is 22.3 Å². The van der Waals surface area contributed by atoms with Crippen molar-refractivity contribution in [1.82, 2.24) is 5.32 Å². The predicted molar refractivity (Wildman–Crippen MR) is 201 cm³/mol. The van der Waals surface area contributed by atoms with Crippen molar-refractivity contribution in [3.05, 3.63) is 215 Å². The molecule has 1 spiro atoms. The number of aliphatic imine (C=N–C) groups is 2. The maximum Gasteiger partial charge on any atom is 0.159 e. The Morgan fingerprint density at radius 2 is 1.02 bits per heavy atom. The second-order valence-corrected chi connectivity index (χ2v) is 13.0. The summed E-state index contributed by atoms with van der Waals surface area (Å²) < 4.78 is 6.49. The number of nitrogens with zero attached hydrogens (tertiary/aromatic N) is 2. The first-order chi connectivity index (χ1) is 24.8. The van der Waals surface area contributed by atoms with Crippen molar-refractivity contribution in [3.8, 4) is 33.8 Å². The molecule has 7 aromatic carbocycles. The van der Waals surface area contributed by atoms with E-state index in [2.05, 4.69) is 145 Å². The van der Waals surface area contributed by atoms with Crippen LogP contribution in [-0.4, -0.2) is 11.7 Å². The third kappa shape index (κ3) is 4.32. The molecule has 0 aromatic heterocycles. The lowest BCUT2D eigenvalue weighted by Crippen LogP contribution is -2.33. The Labute approximate surface area is 291 Å². The largest absolute Gasteiger partial charge is 0.457 e. The smallest absolute Gasteiger partial charge is 0.159 e. The molecule has 1 aliphatic carbocycles. The van der Waals surface area contributed by atoms with Gasteiger partial charge in [0.05, 0.1) is 5.41 Å². The fourth-order valence-electron chi connectivity index (χ4n) is 7.98. The standard InChI is InChI=1S/C46H31N3O/c1-3-13-31(14-4-1)43-47-44(32-15-5-2-6-16-32)49-45(48-43)33-25-23-30(24-26-33)34-27-28-38-36(29-34)35-17-7-8-18-37(35)46(38)39-19-9-11-21-41(39)50-42-22-12-10-20-40(42)46/h1-29,43H,(H,47,48,49). The zero-order valence-electron chi connectivity index (χ0n) is 27.1. The molecule has 0 saturated carbocycles. The molecule has 1 N–H and O–H groups in total. The van der Waals surface area contributed by atoms with E-state index in [4.69, 9.17) is 14.7 Å². The van der Waals surface area contributed by atoms with Gasteiger partial charge in [-0.05, 0) is 57.1 Å². The summed E-state index contributed by atoms with van der Waals surface area (Å²) in [5, 5.41) is 3.59. The zero-order valence-corrected chi connectivity index (χ0v) is 27.1. The number of hydrogen-bond donors (Lipinski definition) is 1. The second kappa shape index (κ2) is 11.3. The predicted octanol–water partition coefficient (Wildman–Crippen LogP) is 10.3. The Bertz CT molecular complexity index is 2440. The van der Waals surface area contributed by atoms with Gasteiger partial charge in [0, 0.05) is 22.3 Å². The number of rotatable bonds is 4. The van der Waals surface area contributed by atoms with E-state index in [1.165, 1.54) is 38.9 Å². The molecule has 236 valence electrons. The third-order valence-corrected chi connectivity index (χ3v) is 10.2. The molecule has 10 rings (SSSR count). The van der Waals surface area contributed by atoms with Crippen molar-refractivity contribution in [2.24, 2.45) is 9.98 Å². The fraction of sp³-hybridized carbons (Fsp3) is 0.0435. The first-order valence-corrected chi connectivity index (χ1v) is 17.0. The lowest BCUT2D eigenvalue weighted by molar-refractivity contribution is 0.436. The molecule has 0 bridgehead atoms. The molecule has 50 heavy (non-hydrogen) atoms. The number of nitrogens with one attached hydrogen (secondary N) is 1. The number of para-hydroxylation sites is 2. The molecule has 1 atom stereocenters. The van der Waals surface area contributed by atoms with Crippen LogP contribution in [0.15, 0.2) is 186 Å². The zero-order chi connectivity index (χ0) is 33.1. The summed E-state index contributed by atoms with van der Waals surface area (Å²) in [5.41, 5.74) is 12.4. The van der Waals surface area contributed by atoms with Gasteiger partial charge >= 0.3 is 0 Å². The van der Waals surface area contributed by atoms with Crippen molar-refractivity contribution < 1.29 is 4.74 Å². The molecule has 0 fully saturated rings. The minimum Gasteiger partial charge on any atom is -0.457 e. The van der Waals surface area contributed by atoms with Crippen LogP contribution in [0.4, 0.5) is 0 Å². The molecular weight excluding hydrogens is 611 g/mol. The van der Waals surface area contributed by atoms with E-state index in [0.29, 0.717) is 0 Å². The minimum atomic E-state index is -0.460. The number of ether oxygens (including phenoxy) is 1. The molecule has 4 heteroatoms. The quantitative estimate of drug-likeness (QED) is 0.208. The van der Waals surface area contributed by atoms with Crippen LogP contribution in [0, 0.1) is 0 Å². The van der Waals surface area contributed by atoms with Gasteiger partial charge in [0.15, 0.2) is 5.84 Å². The van der Waals surface area contributed by atoms with Crippen molar-refractivity contribution in [3.63, 3.8) is 0 Å².